The Hall–Kier alpha value is -0.120. The summed E-state index contributed by atoms with van der Waals surface area (Å²) in [6.45, 7) is 2.31. The maximum atomic E-state index is 9.80. The number of aliphatic hydroxyl groups is 3. The molecule has 0 bridgehead atoms. The van der Waals surface area contributed by atoms with Crippen molar-refractivity contribution < 1.29 is 15.3 Å². The van der Waals surface area contributed by atoms with Gasteiger partial charge in [0.15, 0.2) is 0 Å². The fraction of sp³-hybridized carbons (Fsp3) is 1.00. The predicted molar refractivity (Wildman–Crippen MR) is 80.2 cm³/mol. The van der Waals surface area contributed by atoms with Gasteiger partial charge in [-0.05, 0) is 38.5 Å². The van der Waals surface area contributed by atoms with Crippen LogP contribution in [0.3, 0.4) is 0 Å². The van der Waals surface area contributed by atoms with Crippen LogP contribution >= 0.6 is 0 Å². The second kappa shape index (κ2) is 14.3. The van der Waals surface area contributed by atoms with Gasteiger partial charge in [-0.1, -0.05) is 45.4 Å². The van der Waals surface area contributed by atoms with Crippen molar-refractivity contribution in [2.45, 2.75) is 96.2 Å². The van der Waals surface area contributed by atoms with Gasteiger partial charge in [0.1, 0.15) is 0 Å². The fourth-order valence-corrected chi connectivity index (χ4v) is 2.31. The molecule has 0 aromatic heterocycles. The quantitative estimate of drug-likeness (QED) is 0.425. The molecule has 0 aliphatic heterocycles. The summed E-state index contributed by atoms with van der Waals surface area (Å²) < 4.78 is 0. The van der Waals surface area contributed by atoms with Gasteiger partial charge in [-0.3, -0.25) is 0 Å². The number of hydrogen-bond donors (Lipinski definition) is 3. The molecular weight excluding hydrogens is 240 g/mol. The molecule has 0 aromatic rings. The SMILES string of the molecule is CCC(O)CCCC(O)CCCCCCCCCO. The van der Waals surface area contributed by atoms with Gasteiger partial charge in [0.05, 0.1) is 12.2 Å². The summed E-state index contributed by atoms with van der Waals surface area (Å²) in [6.07, 6.45) is 12.0. The first-order valence-electron chi connectivity index (χ1n) is 8.17. The molecule has 3 N–H and O–H groups in total. The number of rotatable bonds is 14. The van der Waals surface area contributed by atoms with Gasteiger partial charge in [-0.15, -0.1) is 0 Å². The Bertz CT molecular complexity index is 173. The molecule has 2 unspecified atom stereocenters. The topological polar surface area (TPSA) is 60.7 Å². The van der Waals surface area contributed by atoms with E-state index >= 15 is 0 Å². The lowest BCUT2D eigenvalue weighted by Gasteiger charge is -2.12. The first kappa shape index (κ1) is 18.9. The molecule has 0 rings (SSSR count). The van der Waals surface area contributed by atoms with Crippen LogP contribution in [0.5, 0.6) is 0 Å². The minimum absolute atomic E-state index is 0.182. The third-order valence-electron chi connectivity index (χ3n) is 3.74. The molecule has 0 fully saturated rings. The average molecular weight is 274 g/mol. The molecule has 0 saturated carbocycles. The maximum Gasteiger partial charge on any atom is 0.0540 e. The molecular formula is C16H34O3. The van der Waals surface area contributed by atoms with Crippen LogP contribution in [0.2, 0.25) is 0 Å². The lowest BCUT2D eigenvalue weighted by Crippen LogP contribution is -2.09. The standard InChI is InChI=1S/C16H34O3/c1-2-15(18)12-10-13-16(19)11-8-6-4-3-5-7-9-14-17/h15-19H,2-14H2,1H3. The Balaban J connectivity index is 3.18. The van der Waals surface area contributed by atoms with Crippen molar-refractivity contribution in [3.05, 3.63) is 0 Å². The maximum absolute atomic E-state index is 9.80. The van der Waals surface area contributed by atoms with E-state index in [4.69, 9.17) is 5.11 Å². The minimum atomic E-state index is -0.189. The van der Waals surface area contributed by atoms with Gasteiger partial charge in [-0.2, -0.15) is 0 Å². The van der Waals surface area contributed by atoms with Crippen LogP contribution < -0.4 is 0 Å². The summed E-state index contributed by atoms with van der Waals surface area (Å²) in [6, 6.07) is 0. The summed E-state index contributed by atoms with van der Waals surface area (Å²) in [4.78, 5) is 0. The second-order valence-electron chi connectivity index (χ2n) is 5.63. The van der Waals surface area contributed by atoms with Crippen molar-refractivity contribution in [1.29, 1.82) is 0 Å². The summed E-state index contributed by atoms with van der Waals surface area (Å²) in [5, 5.41) is 27.9. The lowest BCUT2D eigenvalue weighted by molar-refractivity contribution is 0.125. The zero-order valence-electron chi connectivity index (χ0n) is 12.7. The van der Waals surface area contributed by atoms with Crippen LogP contribution in [0.15, 0.2) is 0 Å². The van der Waals surface area contributed by atoms with Gasteiger partial charge < -0.3 is 15.3 Å². The van der Waals surface area contributed by atoms with Gasteiger partial charge >= 0.3 is 0 Å². The lowest BCUT2D eigenvalue weighted by atomic mass is 10.0. The van der Waals surface area contributed by atoms with E-state index in [1.807, 2.05) is 6.92 Å². The van der Waals surface area contributed by atoms with Crippen molar-refractivity contribution in [3.8, 4) is 0 Å². The van der Waals surface area contributed by atoms with Crippen LogP contribution in [0, 0.1) is 0 Å². The first-order valence-corrected chi connectivity index (χ1v) is 8.17. The number of aliphatic hydroxyl groups excluding tert-OH is 3. The molecule has 0 radical (unpaired) electrons. The molecule has 0 saturated heterocycles. The van der Waals surface area contributed by atoms with Crippen LogP contribution in [-0.2, 0) is 0 Å². The highest BCUT2D eigenvalue weighted by atomic mass is 16.3. The molecule has 2 atom stereocenters. The molecule has 0 spiro atoms. The van der Waals surface area contributed by atoms with Gasteiger partial charge in [-0.25, -0.2) is 0 Å². The summed E-state index contributed by atoms with van der Waals surface area (Å²) in [7, 11) is 0. The Labute approximate surface area is 119 Å². The third-order valence-corrected chi connectivity index (χ3v) is 3.74. The van der Waals surface area contributed by atoms with Crippen molar-refractivity contribution in [1.82, 2.24) is 0 Å². The smallest absolute Gasteiger partial charge is 0.0540 e. The van der Waals surface area contributed by atoms with Crippen molar-refractivity contribution in [3.63, 3.8) is 0 Å². The van der Waals surface area contributed by atoms with E-state index in [-0.39, 0.29) is 12.2 Å². The van der Waals surface area contributed by atoms with E-state index in [9.17, 15) is 10.2 Å². The second-order valence-corrected chi connectivity index (χ2v) is 5.63. The molecule has 0 aromatic carbocycles. The molecule has 3 nitrogen and oxygen atoms in total. The molecule has 116 valence electrons. The van der Waals surface area contributed by atoms with E-state index in [1.54, 1.807) is 0 Å². The van der Waals surface area contributed by atoms with E-state index in [2.05, 4.69) is 0 Å². The van der Waals surface area contributed by atoms with E-state index in [0.717, 1.165) is 51.4 Å². The largest absolute Gasteiger partial charge is 0.396 e. The molecule has 19 heavy (non-hydrogen) atoms. The molecule has 0 heterocycles. The Morgan fingerprint density at radius 2 is 1.11 bits per heavy atom. The van der Waals surface area contributed by atoms with Gasteiger partial charge in [0, 0.05) is 6.61 Å². The summed E-state index contributed by atoms with van der Waals surface area (Å²) >= 11 is 0. The highest BCUT2D eigenvalue weighted by molar-refractivity contribution is 4.60. The molecule has 0 aliphatic carbocycles. The van der Waals surface area contributed by atoms with Gasteiger partial charge in [0.2, 0.25) is 0 Å². The Morgan fingerprint density at radius 1 is 0.632 bits per heavy atom. The summed E-state index contributed by atoms with van der Waals surface area (Å²) in [5.41, 5.74) is 0. The van der Waals surface area contributed by atoms with E-state index in [0.29, 0.717) is 6.61 Å². The molecule has 0 aliphatic rings. The highest BCUT2D eigenvalue weighted by Crippen LogP contribution is 2.13. The molecule has 3 heteroatoms. The molecule has 0 amide bonds. The predicted octanol–water partition coefficient (Wildman–Crippen LogP) is 3.40. The Morgan fingerprint density at radius 3 is 1.68 bits per heavy atom. The van der Waals surface area contributed by atoms with E-state index < -0.39 is 0 Å². The average Bonchev–Trinajstić information content (AvgIpc) is 2.41. The van der Waals surface area contributed by atoms with Crippen LogP contribution in [0.25, 0.3) is 0 Å². The van der Waals surface area contributed by atoms with Crippen LogP contribution in [0.4, 0.5) is 0 Å². The summed E-state index contributed by atoms with van der Waals surface area (Å²) in [5.74, 6) is 0. The zero-order valence-corrected chi connectivity index (χ0v) is 12.7. The zero-order chi connectivity index (χ0) is 14.3. The number of hydrogen-bond acceptors (Lipinski definition) is 3. The highest BCUT2D eigenvalue weighted by Gasteiger charge is 2.06. The monoisotopic (exact) mass is 274 g/mol. The van der Waals surface area contributed by atoms with Crippen LogP contribution in [0.1, 0.15) is 84.0 Å². The van der Waals surface area contributed by atoms with Crippen LogP contribution in [-0.4, -0.2) is 34.1 Å². The fourth-order valence-electron chi connectivity index (χ4n) is 2.31. The Kier molecular flexibility index (Phi) is 14.2. The van der Waals surface area contributed by atoms with Crippen molar-refractivity contribution in [2.24, 2.45) is 0 Å². The number of unbranched alkanes of at least 4 members (excludes halogenated alkanes) is 6. The normalized spacial score (nSPS) is 14.5. The van der Waals surface area contributed by atoms with E-state index in [1.165, 1.54) is 25.7 Å². The first-order chi connectivity index (χ1) is 9.20. The van der Waals surface area contributed by atoms with Gasteiger partial charge in [0.25, 0.3) is 0 Å². The minimum Gasteiger partial charge on any atom is -0.396 e. The third kappa shape index (κ3) is 14.1. The van der Waals surface area contributed by atoms with Crippen molar-refractivity contribution in [2.75, 3.05) is 6.61 Å². The van der Waals surface area contributed by atoms with Crippen molar-refractivity contribution >= 4 is 0 Å².